The molecule has 1 aliphatic rings. The topological polar surface area (TPSA) is 20.3 Å². The van der Waals surface area contributed by atoms with Gasteiger partial charge in [0.25, 0.3) is 0 Å². The first kappa shape index (κ1) is 11.9. The zero-order valence-corrected chi connectivity index (χ0v) is 9.81. The minimum absolute atomic E-state index is 0.212. The van der Waals surface area contributed by atoms with Gasteiger partial charge in [-0.15, -0.1) is 0 Å². The fourth-order valence-corrected chi connectivity index (χ4v) is 2.43. The highest BCUT2D eigenvalue weighted by molar-refractivity contribution is 7.98. The van der Waals surface area contributed by atoms with E-state index in [2.05, 4.69) is 6.92 Å². The van der Waals surface area contributed by atoms with Crippen LogP contribution in [0.5, 0.6) is 0 Å². The lowest BCUT2D eigenvalue weighted by Crippen LogP contribution is -2.19. The van der Waals surface area contributed by atoms with E-state index in [1.807, 2.05) is 4.31 Å². The average molecular weight is 214 g/mol. The smallest absolute Gasteiger partial charge is 0.237 e. The van der Waals surface area contributed by atoms with Crippen LogP contribution in [0.3, 0.4) is 0 Å². The van der Waals surface area contributed by atoms with E-state index in [9.17, 15) is 4.79 Å². The first-order valence-corrected chi connectivity index (χ1v) is 6.56. The highest BCUT2D eigenvalue weighted by atomic mass is 32.2. The number of carbonyl (C=O) groups excluding carboxylic acids is 1. The summed E-state index contributed by atoms with van der Waals surface area (Å²) >= 11 is 1.65. The molecule has 81 valence electrons. The number of unbranched alkanes of at least 4 members (excludes halogenated alkanes) is 5. The molecule has 1 radical (unpaired) electrons. The Balaban J connectivity index is 1.90. The highest BCUT2D eigenvalue weighted by Crippen LogP contribution is 2.21. The van der Waals surface area contributed by atoms with E-state index in [-0.39, 0.29) is 5.91 Å². The molecule has 0 aliphatic carbocycles. The molecular formula is C11H20NOS. The van der Waals surface area contributed by atoms with Gasteiger partial charge in [-0.05, 0) is 18.4 Å². The first-order chi connectivity index (χ1) is 6.84. The molecule has 0 unspecified atom stereocenters. The molecular weight excluding hydrogens is 194 g/mol. The fraction of sp³-hybridized carbons (Fsp3) is 0.818. The van der Waals surface area contributed by atoms with Crippen molar-refractivity contribution in [3.8, 4) is 0 Å². The maximum Gasteiger partial charge on any atom is 0.237 e. The van der Waals surface area contributed by atoms with Crippen molar-refractivity contribution in [3.63, 3.8) is 0 Å². The molecule has 2 nitrogen and oxygen atoms in total. The standard InChI is InChI=1S/C11H20NOS/c1-2-3-4-5-6-7-9-12-11(13)8-10-14-12/h8H,2-7,9-10H2,1H3. The molecule has 0 spiro atoms. The highest BCUT2D eigenvalue weighted by Gasteiger charge is 2.20. The second kappa shape index (κ2) is 7.16. The van der Waals surface area contributed by atoms with E-state index in [1.54, 1.807) is 18.4 Å². The zero-order chi connectivity index (χ0) is 10.2. The molecule has 0 N–H and O–H groups in total. The summed E-state index contributed by atoms with van der Waals surface area (Å²) in [7, 11) is 0. The summed E-state index contributed by atoms with van der Waals surface area (Å²) < 4.78 is 1.89. The van der Waals surface area contributed by atoms with Crippen molar-refractivity contribution >= 4 is 17.9 Å². The Morgan fingerprint density at radius 3 is 2.64 bits per heavy atom. The number of amides is 1. The van der Waals surface area contributed by atoms with Gasteiger partial charge in [0.15, 0.2) is 0 Å². The lowest BCUT2D eigenvalue weighted by molar-refractivity contribution is -0.121. The molecule has 1 rings (SSSR count). The average Bonchev–Trinajstić information content (AvgIpc) is 2.58. The van der Waals surface area contributed by atoms with Crippen molar-refractivity contribution in [2.45, 2.75) is 45.4 Å². The van der Waals surface area contributed by atoms with E-state index in [4.69, 9.17) is 0 Å². The summed E-state index contributed by atoms with van der Waals surface area (Å²) in [5.41, 5.74) is 0. The van der Waals surface area contributed by atoms with Gasteiger partial charge in [-0.1, -0.05) is 39.0 Å². The minimum Gasteiger partial charge on any atom is -0.286 e. The largest absolute Gasteiger partial charge is 0.286 e. The third-order valence-electron chi connectivity index (χ3n) is 2.45. The maximum atomic E-state index is 11.2. The van der Waals surface area contributed by atoms with Gasteiger partial charge in [-0.25, -0.2) is 0 Å². The Morgan fingerprint density at radius 2 is 2.00 bits per heavy atom. The number of carbonyl (C=O) groups is 1. The lowest BCUT2D eigenvalue weighted by atomic mass is 10.1. The van der Waals surface area contributed by atoms with Gasteiger partial charge in [0.1, 0.15) is 0 Å². The number of nitrogens with zero attached hydrogens (tertiary/aromatic N) is 1. The number of hydrogen-bond acceptors (Lipinski definition) is 2. The van der Waals surface area contributed by atoms with E-state index in [0.717, 1.165) is 18.7 Å². The number of hydrogen-bond donors (Lipinski definition) is 0. The SMILES string of the molecule is CCCCCCCCN1SC[CH]C1=O. The van der Waals surface area contributed by atoms with Crippen molar-refractivity contribution in [2.24, 2.45) is 0 Å². The van der Waals surface area contributed by atoms with E-state index < -0.39 is 0 Å². The first-order valence-electron chi connectivity index (χ1n) is 5.62. The third-order valence-corrected chi connectivity index (χ3v) is 3.44. The molecule has 0 aromatic heterocycles. The van der Waals surface area contributed by atoms with Crippen LogP contribution < -0.4 is 0 Å². The predicted molar refractivity (Wildman–Crippen MR) is 61.8 cm³/mol. The van der Waals surface area contributed by atoms with E-state index in [1.165, 1.54) is 32.1 Å². The Hall–Kier alpha value is -0.180. The van der Waals surface area contributed by atoms with Crippen LogP contribution in [-0.2, 0) is 4.79 Å². The van der Waals surface area contributed by atoms with Crippen molar-refractivity contribution in [1.29, 1.82) is 0 Å². The van der Waals surface area contributed by atoms with Crippen LogP contribution in [0.2, 0.25) is 0 Å². The molecule has 1 amide bonds. The molecule has 1 heterocycles. The molecule has 0 bridgehead atoms. The second-order valence-corrected chi connectivity index (χ2v) is 4.74. The van der Waals surface area contributed by atoms with Gasteiger partial charge in [-0.3, -0.25) is 9.10 Å². The van der Waals surface area contributed by atoms with E-state index in [0.29, 0.717) is 0 Å². The van der Waals surface area contributed by atoms with Gasteiger partial charge >= 0.3 is 0 Å². The summed E-state index contributed by atoms with van der Waals surface area (Å²) in [6.45, 7) is 3.17. The Labute approximate surface area is 91.6 Å². The lowest BCUT2D eigenvalue weighted by Gasteiger charge is -2.12. The van der Waals surface area contributed by atoms with Gasteiger partial charge in [0.05, 0.1) is 6.42 Å². The van der Waals surface area contributed by atoms with Crippen LogP contribution in [0.1, 0.15) is 45.4 Å². The summed E-state index contributed by atoms with van der Waals surface area (Å²) in [5.74, 6) is 1.08. The van der Waals surface area contributed by atoms with E-state index >= 15 is 0 Å². The van der Waals surface area contributed by atoms with Crippen molar-refractivity contribution in [3.05, 3.63) is 6.42 Å². The van der Waals surface area contributed by atoms with Crippen molar-refractivity contribution in [1.82, 2.24) is 4.31 Å². The summed E-state index contributed by atoms with van der Waals surface area (Å²) in [4.78, 5) is 11.2. The van der Waals surface area contributed by atoms with Crippen LogP contribution >= 0.6 is 11.9 Å². The van der Waals surface area contributed by atoms with Crippen LogP contribution in [0.4, 0.5) is 0 Å². The summed E-state index contributed by atoms with van der Waals surface area (Å²) in [5, 5.41) is 0. The van der Waals surface area contributed by atoms with Crippen molar-refractivity contribution < 1.29 is 4.79 Å². The monoisotopic (exact) mass is 214 g/mol. The molecule has 0 atom stereocenters. The van der Waals surface area contributed by atoms with Gasteiger partial charge < -0.3 is 0 Å². The quantitative estimate of drug-likeness (QED) is 0.479. The minimum atomic E-state index is 0.212. The number of rotatable bonds is 7. The molecule has 1 aliphatic heterocycles. The van der Waals surface area contributed by atoms with Crippen LogP contribution in [0.25, 0.3) is 0 Å². The molecule has 0 saturated carbocycles. The fourth-order valence-electron chi connectivity index (χ4n) is 1.57. The van der Waals surface area contributed by atoms with Crippen LogP contribution in [0.15, 0.2) is 0 Å². The predicted octanol–water partition coefficient (Wildman–Crippen LogP) is 3.04. The normalized spacial score (nSPS) is 16.6. The zero-order valence-electron chi connectivity index (χ0n) is 9.00. The van der Waals surface area contributed by atoms with Crippen LogP contribution in [-0.4, -0.2) is 22.5 Å². The van der Waals surface area contributed by atoms with Gasteiger partial charge in [-0.2, -0.15) is 0 Å². The molecule has 0 aromatic carbocycles. The Bertz CT molecular complexity index is 173. The maximum absolute atomic E-state index is 11.2. The summed E-state index contributed by atoms with van der Waals surface area (Å²) in [6, 6.07) is 0. The molecule has 0 aromatic rings. The summed E-state index contributed by atoms with van der Waals surface area (Å²) in [6.07, 6.45) is 9.52. The Morgan fingerprint density at radius 1 is 1.29 bits per heavy atom. The molecule has 14 heavy (non-hydrogen) atoms. The Kier molecular flexibility index (Phi) is 6.08. The third kappa shape index (κ3) is 4.36. The second-order valence-electron chi connectivity index (χ2n) is 3.71. The molecule has 1 saturated heterocycles. The van der Waals surface area contributed by atoms with Gasteiger partial charge in [0, 0.05) is 12.3 Å². The van der Waals surface area contributed by atoms with Crippen molar-refractivity contribution in [2.75, 3.05) is 12.3 Å². The molecule has 3 heteroatoms. The van der Waals surface area contributed by atoms with Crippen LogP contribution in [0, 0.1) is 6.42 Å². The van der Waals surface area contributed by atoms with Gasteiger partial charge in [0.2, 0.25) is 5.91 Å². The molecule has 1 fully saturated rings.